The van der Waals surface area contributed by atoms with Crippen LogP contribution in [0.15, 0.2) is 48.8 Å². The molecule has 4 aromatic rings. The zero-order valence-corrected chi connectivity index (χ0v) is 20.4. The van der Waals surface area contributed by atoms with E-state index in [2.05, 4.69) is 20.2 Å². The smallest absolute Gasteiger partial charge is 0.387 e. The number of fused-ring (bicyclic) bond motifs is 9. The van der Waals surface area contributed by atoms with Gasteiger partial charge in [0.05, 0.1) is 23.1 Å². The minimum absolute atomic E-state index is 0.0132. The molecule has 7 rings (SSSR count). The van der Waals surface area contributed by atoms with Crippen LogP contribution in [0, 0.1) is 0 Å². The van der Waals surface area contributed by atoms with Crippen molar-refractivity contribution in [2.45, 2.75) is 25.1 Å². The standard InChI is InChI=1S/C26H22F2N6O2S/c27-25(28)36-21-3-1-2-16-22(21)20-11-18(32-24(16)35)23-31-17-5-4-14(10-19(17)34(20)23)15-12-29-26(30-13-15)33-6-8-37-9-7-33/h1-5,10,12-13,18,20,25H,6-9,11H2,(H,32,35). The summed E-state index contributed by atoms with van der Waals surface area (Å²) >= 11 is 1.94. The van der Waals surface area contributed by atoms with E-state index < -0.39 is 6.61 Å². The number of carbonyl (C=O) groups is 1. The Morgan fingerprint density at radius 3 is 2.68 bits per heavy atom. The maximum Gasteiger partial charge on any atom is 0.387 e. The summed E-state index contributed by atoms with van der Waals surface area (Å²) in [5, 5.41) is 3.02. The number of ether oxygens (including phenoxy) is 1. The number of amides is 1. The van der Waals surface area contributed by atoms with Crippen LogP contribution in [-0.2, 0) is 0 Å². The van der Waals surface area contributed by atoms with Gasteiger partial charge in [-0.05, 0) is 36.2 Å². The fourth-order valence-corrected chi connectivity index (χ4v) is 6.49. The first kappa shape index (κ1) is 22.5. The van der Waals surface area contributed by atoms with Gasteiger partial charge < -0.3 is 19.5 Å². The molecule has 2 aromatic heterocycles. The van der Waals surface area contributed by atoms with Gasteiger partial charge in [0.15, 0.2) is 0 Å². The molecule has 3 aliphatic rings. The van der Waals surface area contributed by atoms with Gasteiger partial charge in [0, 0.05) is 53.7 Å². The summed E-state index contributed by atoms with van der Waals surface area (Å²) in [6.07, 6.45) is 4.18. The molecule has 0 aliphatic carbocycles. The maximum atomic E-state index is 13.2. The van der Waals surface area contributed by atoms with Crippen molar-refractivity contribution in [1.29, 1.82) is 0 Å². The molecule has 1 N–H and O–H groups in total. The van der Waals surface area contributed by atoms with E-state index >= 15 is 0 Å². The number of carbonyl (C=O) groups excluding carboxylic acids is 1. The third kappa shape index (κ3) is 3.71. The number of halogens is 2. The Balaban J connectivity index is 1.31. The van der Waals surface area contributed by atoms with Crippen molar-refractivity contribution in [1.82, 2.24) is 24.8 Å². The number of nitrogens with zero attached hydrogens (tertiary/aromatic N) is 5. The summed E-state index contributed by atoms with van der Waals surface area (Å²) in [5.41, 5.74) is 4.22. The molecule has 5 heterocycles. The summed E-state index contributed by atoms with van der Waals surface area (Å²) in [6, 6.07) is 9.92. The van der Waals surface area contributed by atoms with Crippen molar-refractivity contribution in [3.05, 3.63) is 65.7 Å². The average molecular weight is 521 g/mol. The first-order chi connectivity index (χ1) is 18.1. The number of anilines is 1. The second kappa shape index (κ2) is 8.69. The third-order valence-electron chi connectivity index (χ3n) is 7.23. The van der Waals surface area contributed by atoms with Crippen molar-refractivity contribution in [3.8, 4) is 16.9 Å². The van der Waals surface area contributed by atoms with Crippen molar-refractivity contribution in [3.63, 3.8) is 0 Å². The zero-order chi connectivity index (χ0) is 25.1. The van der Waals surface area contributed by atoms with E-state index in [-0.39, 0.29) is 23.7 Å². The van der Waals surface area contributed by atoms with Crippen LogP contribution in [-0.4, -0.2) is 56.6 Å². The third-order valence-corrected chi connectivity index (χ3v) is 8.17. The number of hydrogen-bond acceptors (Lipinski definition) is 7. The average Bonchev–Trinajstić information content (AvgIpc) is 3.41. The topological polar surface area (TPSA) is 85.2 Å². The number of nitrogens with one attached hydrogen (secondary N) is 1. The lowest BCUT2D eigenvalue weighted by atomic mass is 9.97. The summed E-state index contributed by atoms with van der Waals surface area (Å²) in [4.78, 5) is 29.2. The van der Waals surface area contributed by atoms with Crippen LogP contribution in [0.2, 0.25) is 0 Å². The largest absolute Gasteiger partial charge is 0.434 e. The minimum atomic E-state index is -2.99. The molecule has 2 aromatic carbocycles. The number of imidazole rings is 1. The molecule has 1 fully saturated rings. The van der Waals surface area contributed by atoms with E-state index in [9.17, 15) is 13.6 Å². The van der Waals surface area contributed by atoms with Gasteiger partial charge in [0.1, 0.15) is 11.6 Å². The molecule has 11 heteroatoms. The van der Waals surface area contributed by atoms with E-state index in [1.165, 1.54) is 6.07 Å². The lowest BCUT2D eigenvalue weighted by Gasteiger charge is -2.26. The van der Waals surface area contributed by atoms with Gasteiger partial charge in [0.2, 0.25) is 5.95 Å². The van der Waals surface area contributed by atoms with Gasteiger partial charge >= 0.3 is 6.61 Å². The lowest BCUT2D eigenvalue weighted by molar-refractivity contribution is -0.0507. The fraction of sp³-hybridized carbons (Fsp3) is 0.308. The van der Waals surface area contributed by atoms with E-state index in [1.54, 1.807) is 12.1 Å². The molecular weight excluding hydrogens is 498 g/mol. The van der Waals surface area contributed by atoms with Crippen molar-refractivity contribution in [2.24, 2.45) is 0 Å². The normalized spacial score (nSPS) is 20.5. The van der Waals surface area contributed by atoms with E-state index in [1.807, 2.05) is 46.9 Å². The monoisotopic (exact) mass is 520 g/mol. The molecule has 188 valence electrons. The molecule has 1 amide bonds. The molecule has 0 radical (unpaired) electrons. The number of hydrogen-bond donors (Lipinski definition) is 1. The molecule has 2 bridgehead atoms. The highest BCUT2D eigenvalue weighted by molar-refractivity contribution is 7.99. The van der Waals surface area contributed by atoms with Crippen LogP contribution in [0.25, 0.3) is 22.2 Å². The van der Waals surface area contributed by atoms with E-state index in [0.717, 1.165) is 52.7 Å². The summed E-state index contributed by atoms with van der Waals surface area (Å²) in [6.45, 7) is -1.11. The Bertz CT molecular complexity index is 1520. The Hall–Kier alpha value is -3.73. The molecule has 2 atom stereocenters. The number of aromatic nitrogens is 4. The van der Waals surface area contributed by atoms with E-state index in [4.69, 9.17) is 9.72 Å². The Morgan fingerprint density at radius 2 is 1.89 bits per heavy atom. The molecule has 3 aliphatic heterocycles. The Labute approximate surface area is 215 Å². The quantitative estimate of drug-likeness (QED) is 0.426. The van der Waals surface area contributed by atoms with Crippen LogP contribution >= 0.6 is 11.8 Å². The molecular formula is C26H22F2N6O2S. The van der Waals surface area contributed by atoms with Crippen LogP contribution in [0.5, 0.6) is 5.75 Å². The van der Waals surface area contributed by atoms with Gasteiger partial charge in [-0.1, -0.05) is 12.1 Å². The summed E-state index contributed by atoms with van der Waals surface area (Å²) in [5.74, 6) is 3.29. The van der Waals surface area contributed by atoms with E-state index in [0.29, 0.717) is 23.4 Å². The van der Waals surface area contributed by atoms with Crippen LogP contribution in [0.3, 0.4) is 0 Å². The van der Waals surface area contributed by atoms with Crippen molar-refractivity contribution < 1.29 is 18.3 Å². The summed E-state index contributed by atoms with van der Waals surface area (Å²) < 4.78 is 33.4. The first-order valence-electron chi connectivity index (χ1n) is 12.1. The predicted molar refractivity (Wildman–Crippen MR) is 136 cm³/mol. The van der Waals surface area contributed by atoms with Crippen molar-refractivity contribution in [2.75, 3.05) is 29.5 Å². The lowest BCUT2D eigenvalue weighted by Crippen LogP contribution is -2.33. The van der Waals surface area contributed by atoms with Gasteiger partial charge in [-0.2, -0.15) is 20.5 Å². The number of rotatable bonds is 4. The van der Waals surface area contributed by atoms with Gasteiger partial charge in [-0.3, -0.25) is 4.79 Å². The number of alkyl halides is 2. The number of benzene rings is 2. The Kier molecular flexibility index (Phi) is 5.27. The second-order valence-electron chi connectivity index (χ2n) is 9.29. The first-order valence-corrected chi connectivity index (χ1v) is 13.3. The van der Waals surface area contributed by atoms with Gasteiger partial charge in [0.25, 0.3) is 5.91 Å². The zero-order valence-electron chi connectivity index (χ0n) is 19.6. The highest BCUT2D eigenvalue weighted by Gasteiger charge is 2.42. The fourth-order valence-electron chi connectivity index (χ4n) is 5.59. The molecule has 37 heavy (non-hydrogen) atoms. The van der Waals surface area contributed by atoms with Gasteiger partial charge in [-0.25, -0.2) is 15.0 Å². The highest BCUT2D eigenvalue weighted by atomic mass is 32.2. The predicted octanol–water partition coefficient (Wildman–Crippen LogP) is 4.43. The summed E-state index contributed by atoms with van der Waals surface area (Å²) in [7, 11) is 0. The molecule has 8 nitrogen and oxygen atoms in total. The molecule has 0 spiro atoms. The van der Waals surface area contributed by atoms with Crippen LogP contribution in [0.1, 0.15) is 40.3 Å². The molecule has 0 saturated carbocycles. The second-order valence-corrected chi connectivity index (χ2v) is 10.5. The van der Waals surface area contributed by atoms with Gasteiger partial charge in [-0.15, -0.1) is 0 Å². The minimum Gasteiger partial charge on any atom is -0.434 e. The maximum absolute atomic E-state index is 13.2. The van der Waals surface area contributed by atoms with Crippen LogP contribution < -0.4 is 15.0 Å². The highest BCUT2D eigenvalue weighted by Crippen LogP contribution is 2.47. The molecule has 1 saturated heterocycles. The van der Waals surface area contributed by atoms with Crippen LogP contribution in [0.4, 0.5) is 14.7 Å². The van der Waals surface area contributed by atoms with Crippen molar-refractivity contribution >= 4 is 34.7 Å². The Morgan fingerprint density at radius 1 is 1.08 bits per heavy atom. The molecule has 2 unspecified atom stereocenters. The number of thioether (sulfide) groups is 1. The SMILES string of the molecule is O=C1NC2CC(c3c(OC(F)F)cccc31)n1c2nc2ccc(-c3cnc(N4CCSCC4)nc3)cc21.